The zero-order chi connectivity index (χ0) is 18.3. The van der Waals surface area contributed by atoms with Crippen molar-refractivity contribution in [1.29, 1.82) is 0 Å². The molecule has 3 heteroatoms. The summed E-state index contributed by atoms with van der Waals surface area (Å²) in [4.78, 5) is 0. The predicted molar refractivity (Wildman–Crippen MR) is 103 cm³/mol. The molecule has 3 aromatic carbocycles. The number of benzene rings is 3. The van der Waals surface area contributed by atoms with Gasteiger partial charge in [-0.2, -0.15) is 0 Å². The van der Waals surface area contributed by atoms with E-state index in [-0.39, 0.29) is 12.2 Å². The number of hydrogen-bond donors (Lipinski definition) is 1. The zero-order valence-corrected chi connectivity index (χ0v) is 14.7. The van der Waals surface area contributed by atoms with Crippen LogP contribution >= 0.6 is 0 Å². The molecule has 0 aliphatic carbocycles. The molecule has 2 aliphatic rings. The summed E-state index contributed by atoms with van der Waals surface area (Å²) in [7, 11) is 0. The number of ether oxygens (including phenoxy) is 2. The molecule has 134 valence electrons. The molecule has 1 fully saturated rings. The van der Waals surface area contributed by atoms with Gasteiger partial charge in [-0.05, 0) is 22.8 Å². The predicted octanol–water partition coefficient (Wildman–Crippen LogP) is 4.55. The fourth-order valence-corrected chi connectivity index (χ4v) is 4.11. The lowest BCUT2D eigenvalue weighted by Crippen LogP contribution is -2.56. The minimum atomic E-state index is -0.787. The van der Waals surface area contributed by atoms with Gasteiger partial charge in [0.15, 0.2) is 0 Å². The van der Waals surface area contributed by atoms with Crippen LogP contribution in [0.2, 0.25) is 0 Å². The standard InChI is InChI=1S/C24H20O3/c25-22(17-10-4-1-5-11-17)21-16-20-23(26-21)27-24(20,18-12-6-2-7-13-18)19-14-8-3-9-15-19/h1-16,20,22-23,25H/t20-,22-,23-/m1/s1. The molecule has 0 radical (unpaired) electrons. The van der Waals surface area contributed by atoms with Gasteiger partial charge in [-0.25, -0.2) is 0 Å². The second kappa shape index (κ2) is 6.38. The maximum Gasteiger partial charge on any atom is 0.210 e. The van der Waals surface area contributed by atoms with E-state index in [2.05, 4.69) is 24.3 Å². The SMILES string of the molecule is O[C@@H](C1=C[C@@H]2[C@H](O1)OC2(c1ccccc1)c1ccccc1)c1ccccc1. The summed E-state index contributed by atoms with van der Waals surface area (Å²) >= 11 is 0. The van der Waals surface area contributed by atoms with Crippen LogP contribution in [0.1, 0.15) is 22.8 Å². The van der Waals surface area contributed by atoms with Crippen molar-refractivity contribution in [2.24, 2.45) is 5.92 Å². The summed E-state index contributed by atoms with van der Waals surface area (Å²) in [5.41, 5.74) is 2.40. The Hall–Kier alpha value is -2.88. The van der Waals surface area contributed by atoms with Gasteiger partial charge in [-0.15, -0.1) is 0 Å². The van der Waals surface area contributed by atoms with Crippen LogP contribution in [0.5, 0.6) is 0 Å². The van der Waals surface area contributed by atoms with E-state index >= 15 is 0 Å². The van der Waals surface area contributed by atoms with E-state index in [0.717, 1.165) is 16.7 Å². The first-order chi connectivity index (χ1) is 13.3. The summed E-state index contributed by atoms with van der Waals surface area (Å²) in [6, 6.07) is 30.0. The molecule has 0 spiro atoms. The third kappa shape index (κ3) is 2.51. The van der Waals surface area contributed by atoms with Crippen LogP contribution in [-0.4, -0.2) is 11.4 Å². The maximum absolute atomic E-state index is 10.7. The molecule has 3 atom stereocenters. The smallest absolute Gasteiger partial charge is 0.210 e. The normalized spacial score (nSPS) is 23.5. The topological polar surface area (TPSA) is 38.7 Å². The average molecular weight is 356 g/mol. The first-order valence-electron chi connectivity index (χ1n) is 9.19. The number of aliphatic hydroxyl groups excluding tert-OH is 1. The molecular formula is C24H20O3. The van der Waals surface area contributed by atoms with Gasteiger partial charge < -0.3 is 14.6 Å². The molecule has 1 N–H and O–H groups in total. The van der Waals surface area contributed by atoms with Crippen molar-refractivity contribution in [3.05, 3.63) is 120 Å². The summed E-state index contributed by atoms with van der Waals surface area (Å²) in [6.07, 6.45) is 0.870. The van der Waals surface area contributed by atoms with Crippen LogP contribution in [0, 0.1) is 5.92 Å². The monoisotopic (exact) mass is 356 g/mol. The van der Waals surface area contributed by atoms with Crippen molar-refractivity contribution in [3.63, 3.8) is 0 Å². The van der Waals surface area contributed by atoms with Crippen LogP contribution in [0.3, 0.4) is 0 Å². The lowest BCUT2D eigenvalue weighted by Gasteiger charge is -2.51. The average Bonchev–Trinajstić information content (AvgIpc) is 3.08. The lowest BCUT2D eigenvalue weighted by atomic mass is 9.71. The fraction of sp³-hybridized carbons (Fsp3) is 0.167. The van der Waals surface area contributed by atoms with E-state index in [4.69, 9.17) is 9.47 Å². The van der Waals surface area contributed by atoms with E-state index in [0.29, 0.717) is 5.76 Å². The number of aliphatic hydroxyl groups is 1. The van der Waals surface area contributed by atoms with E-state index in [1.807, 2.05) is 72.8 Å². The molecule has 3 nitrogen and oxygen atoms in total. The van der Waals surface area contributed by atoms with Crippen molar-refractivity contribution >= 4 is 0 Å². The summed E-state index contributed by atoms with van der Waals surface area (Å²) < 4.78 is 12.3. The van der Waals surface area contributed by atoms with E-state index < -0.39 is 11.7 Å². The lowest BCUT2D eigenvalue weighted by molar-refractivity contribution is -0.307. The van der Waals surface area contributed by atoms with Gasteiger partial charge in [0.25, 0.3) is 0 Å². The van der Waals surface area contributed by atoms with Gasteiger partial charge in [-0.1, -0.05) is 91.0 Å². The highest BCUT2D eigenvalue weighted by atomic mass is 16.7. The minimum Gasteiger partial charge on any atom is -0.466 e. The van der Waals surface area contributed by atoms with E-state index in [9.17, 15) is 5.11 Å². The highest BCUT2D eigenvalue weighted by Gasteiger charge is 2.61. The molecular weight excluding hydrogens is 336 g/mol. The number of hydrogen-bond acceptors (Lipinski definition) is 3. The Morgan fingerprint density at radius 2 is 1.26 bits per heavy atom. The van der Waals surface area contributed by atoms with Gasteiger partial charge in [-0.3, -0.25) is 0 Å². The first-order valence-corrected chi connectivity index (χ1v) is 9.19. The van der Waals surface area contributed by atoms with E-state index in [1.54, 1.807) is 0 Å². The Kier molecular flexibility index (Phi) is 3.85. The molecule has 2 aliphatic heterocycles. The van der Waals surface area contributed by atoms with Gasteiger partial charge in [0, 0.05) is 0 Å². The Morgan fingerprint density at radius 3 is 1.81 bits per heavy atom. The molecule has 27 heavy (non-hydrogen) atoms. The summed E-state index contributed by atoms with van der Waals surface area (Å²) in [5, 5.41) is 10.7. The van der Waals surface area contributed by atoms with Gasteiger partial charge >= 0.3 is 0 Å². The van der Waals surface area contributed by atoms with Crippen LogP contribution in [0.15, 0.2) is 103 Å². The Labute approximate surface area is 158 Å². The molecule has 0 bridgehead atoms. The third-order valence-corrected chi connectivity index (χ3v) is 5.45. The number of rotatable bonds is 4. The first kappa shape index (κ1) is 16.3. The molecule has 3 aromatic rings. The van der Waals surface area contributed by atoms with Gasteiger partial charge in [0.2, 0.25) is 6.29 Å². The number of fused-ring (bicyclic) bond motifs is 1. The highest BCUT2D eigenvalue weighted by Crippen LogP contribution is 2.57. The summed E-state index contributed by atoms with van der Waals surface area (Å²) in [6.45, 7) is 0. The fourth-order valence-electron chi connectivity index (χ4n) is 4.11. The molecule has 1 saturated heterocycles. The second-order valence-electron chi connectivity index (χ2n) is 6.98. The summed E-state index contributed by atoms with van der Waals surface area (Å²) in [5.74, 6) is 0.570. The van der Waals surface area contributed by atoms with Crippen LogP contribution < -0.4 is 0 Å². The van der Waals surface area contributed by atoms with Gasteiger partial charge in [0.1, 0.15) is 17.5 Å². The van der Waals surface area contributed by atoms with Gasteiger partial charge in [0.05, 0.1) is 5.92 Å². The van der Waals surface area contributed by atoms with Crippen molar-refractivity contribution in [3.8, 4) is 0 Å². The van der Waals surface area contributed by atoms with Crippen LogP contribution in [0.4, 0.5) is 0 Å². The molecule has 2 heterocycles. The minimum absolute atomic E-state index is 0.00987. The van der Waals surface area contributed by atoms with E-state index in [1.165, 1.54) is 0 Å². The highest BCUT2D eigenvalue weighted by molar-refractivity contribution is 5.43. The Bertz CT molecular complexity index is 911. The maximum atomic E-state index is 10.7. The molecule has 5 rings (SSSR count). The van der Waals surface area contributed by atoms with Crippen molar-refractivity contribution < 1.29 is 14.6 Å². The van der Waals surface area contributed by atoms with Crippen molar-refractivity contribution in [1.82, 2.24) is 0 Å². The molecule has 0 aromatic heterocycles. The molecule has 0 unspecified atom stereocenters. The Morgan fingerprint density at radius 1 is 0.741 bits per heavy atom. The molecule has 0 amide bonds. The van der Waals surface area contributed by atoms with Crippen LogP contribution in [-0.2, 0) is 15.1 Å². The van der Waals surface area contributed by atoms with Crippen LogP contribution in [0.25, 0.3) is 0 Å². The second-order valence-corrected chi connectivity index (χ2v) is 6.98. The third-order valence-electron chi connectivity index (χ3n) is 5.45. The quantitative estimate of drug-likeness (QED) is 0.745. The molecule has 0 saturated carbocycles. The largest absolute Gasteiger partial charge is 0.466 e. The Balaban J connectivity index is 1.55. The van der Waals surface area contributed by atoms with Crippen molar-refractivity contribution in [2.45, 2.75) is 18.0 Å². The van der Waals surface area contributed by atoms with Crippen molar-refractivity contribution in [2.75, 3.05) is 0 Å². The zero-order valence-electron chi connectivity index (χ0n) is 14.7.